The van der Waals surface area contributed by atoms with E-state index < -0.39 is 11.6 Å². The molecule has 6 heteroatoms. The van der Waals surface area contributed by atoms with E-state index >= 15 is 0 Å². The molecule has 1 saturated heterocycles. The van der Waals surface area contributed by atoms with Gasteiger partial charge in [0.15, 0.2) is 0 Å². The average molecular weight is 303 g/mol. The molecule has 0 aromatic heterocycles. The third kappa shape index (κ3) is 3.44. The minimum absolute atomic E-state index is 0.0910. The van der Waals surface area contributed by atoms with Gasteiger partial charge >= 0.3 is 6.03 Å². The van der Waals surface area contributed by atoms with E-state index in [0.29, 0.717) is 6.54 Å². The lowest BCUT2D eigenvalue weighted by Gasteiger charge is -2.15. The molecule has 1 aromatic carbocycles. The van der Waals surface area contributed by atoms with Crippen LogP contribution in [0.1, 0.15) is 31.4 Å². The molecule has 2 N–H and O–H groups in total. The molecule has 0 unspecified atom stereocenters. The summed E-state index contributed by atoms with van der Waals surface area (Å²) in [6, 6.07) is 7.36. The first-order valence-electron chi connectivity index (χ1n) is 7.26. The van der Waals surface area contributed by atoms with Crippen molar-refractivity contribution >= 4 is 17.8 Å². The Labute approximate surface area is 129 Å². The summed E-state index contributed by atoms with van der Waals surface area (Å²) < 4.78 is 0. The molecule has 0 bridgehead atoms. The van der Waals surface area contributed by atoms with Gasteiger partial charge in [-0.2, -0.15) is 0 Å². The first-order valence-corrected chi connectivity index (χ1v) is 7.26. The zero-order chi connectivity index (χ0) is 16.3. The summed E-state index contributed by atoms with van der Waals surface area (Å²) in [5, 5.41) is 5.39. The Balaban J connectivity index is 1.83. The Hall–Kier alpha value is -2.37. The molecule has 0 saturated carbocycles. The lowest BCUT2D eigenvalue weighted by Crippen LogP contribution is -2.40. The highest BCUT2D eigenvalue weighted by atomic mass is 16.2. The van der Waals surface area contributed by atoms with Crippen LogP contribution in [-0.2, 0) is 16.1 Å². The third-order valence-corrected chi connectivity index (χ3v) is 3.74. The van der Waals surface area contributed by atoms with Gasteiger partial charge in [-0.15, -0.1) is 0 Å². The molecule has 6 nitrogen and oxygen atoms in total. The molecule has 0 spiro atoms. The Morgan fingerprint density at radius 1 is 1.27 bits per heavy atom. The quantitative estimate of drug-likeness (QED) is 0.806. The predicted molar refractivity (Wildman–Crippen MR) is 82.0 cm³/mol. The number of rotatable bonds is 5. The zero-order valence-electron chi connectivity index (χ0n) is 13.1. The van der Waals surface area contributed by atoms with E-state index in [4.69, 9.17) is 0 Å². The van der Waals surface area contributed by atoms with E-state index in [1.165, 1.54) is 0 Å². The number of benzene rings is 1. The number of nitrogens with zero attached hydrogens (tertiary/aromatic N) is 1. The van der Waals surface area contributed by atoms with Crippen molar-refractivity contribution in [2.24, 2.45) is 0 Å². The highest BCUT2D eigenvalue weighted by molar-refractivity contribution is 6.06. The summed E-state index contributed by atoms with van der Waals surface area (Å²) in [5.74, 6) is -0.488. The van der Waals surface area contributed by atoms with Crippen LogP contribution in [0.4, 0.5) is 4.79 Å². The number of hydrogen-bond acceptors (Lipinski definition) is 3. The maximum atomic E-state index is 12.0. The van der Waals surface area contributed by atoms with Crippen molar-refractivity contribution in [3.05, 3.63) is 35.4 Å². The van der Waals surface area contributed by atoms with Crippen LogP contribution in [0.15, 0.2) is 24.3 Å². The lowest BCUT2D eigenvalue weighted by atomic mass is 10.1. The van der Waals surface area contributed by atoms with Crippen LogP contribution in [0, 0.1) is 6.92 Å². The molecule has 0 aliphatic carbocycles. The van der Waals surface area contributed by atoms with E-state index in [-0.39, 0.29) is 24.8 Å². The Morgan fingerprint density at radius 2 is 1.95 bits per heavy atom. The summed E-state index contributed by atoms with van der Waals surface area (Å²) in [6.45, 7) is 5.80. The second-order valence-electron chi connectivity index (χ2n) is 5.97. The van der Waals surface area contributed by atoms with Crippen molar-refractivity contribution in [1.29, 1.82) is 0 Å². The Morgan fingerprint density at radius 3 is 2.55 bits per heavy atom. The molecule has 4 amide bonds. The highest BCUT2D eigenvalue weighted by Crippen LogP contribution is 2.16. The monoisotopic (exact) mass is 303 g/mol. The summed E-state index contributed by atoms with van der Waals surface area (Å²) in [6.07, 6.45) is 0.0983. The fraction of sp³-hybridized carbons (Fsp3) is 0.438. The van der Waals surface area contributed by atoms with Crippen LogP contribution in [0.25, 0.3) is 0 Å². The van der Waals surface area contributed by atoms with Gasteiger partial charge in [-0.3, -0.25) is 14.5 Å². The van der Waals surface area contributed by atoms with Crippen LogP contribution < -0.4 is 10.6 Å². The van der Waals surface area contributed by atoms with Gasteiger partial charge in [0.2, 0.25) is 5.91 Å². The number of carbonyl (C=O) groups is 3. The fourth-order valence-corrected chi connectivity index (χ4v) is 2.32. The lowest BCUT2D eigenvalue weighted by molar-refractivity contribution is -0.130. The number of aryl methyl sites for hydroxylation is 1. The van der Waals surface area contributed by atoms with Crippen molar-refractivity contribution in [2.75, 3.05) is 6.54 Å². The third-order valence-electron chi connectivity index (χ3n) is 3.74. The zero-order valence-corrected chi connectivity index (χ0v) is 13.1. The number of carbonyl (C=O) groups excluding carboxylic acids is 3. The molecule has 1 aliphatic rings. The molecule has 1 fully saturated rings. The standard InChI is InChI=1S/C16H21N3O3/c1-11-6-4-5-7-12(11)10-17-13(20)8-9-19-14(21)16(2,3)18-15(19)22/h4-7H,8-10H2,1-3H3,(H,17,20)(H,18,22). The van der Waals surface area contributed by atoms with Gasteiger partial charge < -0.3 is 10.6 Å². The van der Waals surface area contributed by atoms with E-state index in [1.807, 2.05) is 31.2 Å². The van der Waals surface area contributed by atoms with Gasteiger partial charge in [0.1, 0.15) is 5.54 Å². The SMILES string of the molecule is Cc1ccccc1CNC(=O)CCN1C(=O)NC(C)(C)C1=O. The molecule has 1 aromatic rings. The van der Waals surface area contributed by atoms with Gasteiger partial charge in [0.25, 0.3) is 5.91 Å². The summed E-state index contributed by atoms with van der Waals surface area (Å²) >= 11 is 0. The molecule has 118 valence electrons. The van der Waals surface area contributed by atoms with Crippen LogP contribution >= 0.6 is 0 Å². The summed E-state index contributed by atoms with van der Waals surface area (Å²) in [4.78, 5) is 36.7. The minimum Gasteiger partial charge on any atom is -0.352 e. The van der Waals surface area contributed by atoms with Crippen molar-refractivity contribution < 1.29 is 14.4 Å². The first-order chi connectivity index (χ1) is 10.3. The maximum Gasteiger partial charge on any atom is 0.325 e. The van der Waals surface area contributed by atoms with Gasteiger partial charge in [-0.05, 0) is 31.9 Å². The van der Waals surface area contributed by atoms with Crippen molar-refractivity contribution in [1.82, 2.24) is 15.5 Å². The molecular formula is C16H21N3O3. The number of nitrogens with one attached hydrogen (secondary N) is 2. The van der Waals surface area contributed by atoms with Gasteiger partial charge in [-0.25, -0.2) is 4.79 Å². The number of imide groups is 1. The van der Waals surface area contributed by atoms with Crippen LogP contribution in [0.2, 0.25) is 0 Å². The fourth-order valence-electron chi connectivity index (χ4n) is 2.32. The first kappa shape index (κ1) is 16.0. The smallest absolute Gasteiger partial charge is 0.325 e. The number of urea groups is 1. The molecular weight excluding hydrogens is 282 g/mol. The van der Waals surface area contributed by atoms with Crippen molar-refractivity contribution in [3.8, 4) is 0 Å². The van der Waals surface area contributed by atoms with Crippen LogP contribution in [0.3, 0.4) is 0 Å². The molecule has 1 aliphatic heterocycles. The molecule has 1 heterocycles. The number of amides is 4. The largest absolute Gasteiger partial charge is 0.352 e. The summed E-state index contributed by atoms with van der Waals surface area (Å²) in [7, 11) is 0. The minimum atomic E-state index is -0.894. The van der Waals surface area contributed by atoms with Crippen LogP contribution in [0.5, 0.6) is 0 Å². The second-order valence-corrected chi connectivity index (χ2v) is 5.97. The predicted octanol–water partition coefficient (Wildman–Crippen LogP) is 1.33. The van der Waals surface area contributed by atoms with E-state index in [0.717, 1.165) is 16.0 Å². The summed E-state index contributed by atoms with van der Waals surface area (Å²) in [5.41, 5.74) is 1.26. The second kappa shape index (κ2) is 6.17. The topological polar surface area (TPSA) is 78.5 Å². The van der Waals surface area contributed by atoms with Crippen LogP contribution in [-0.4, -0.2) is 34.8 Å². The normalized spacial score (nSPS) is 16.6. The van der Waals surface area contributed by atoms with Gasteiger partial charge in [0.05, 0.1) is 0 Å². The Kier molecular flexibility index (Phi) is 4.49. The van der Waals surface area contributed by atoms with E-state index in [9.17, 15) is 14.4 Å². The van der Waals surface area contributed by atoms with Crippen molar-refractivity contribution in [2.45, 2.75) is 39.3 Å². The van der Waals surface area contributed by atoms with Gasteiger partial charge in [0, 0.05) is 19.5 Å². The highest BCUT2D eigenvalue weighted by Gasteiger charge is 2.43. The molecule has 0 atom stereocenters. The number of hydrogen-bond donors (Lipinski definition) is 2. The molecule has 22 heavy (non-hydrogen) atoms. The average Bonchev–Trinajstić information content (AvgIpc) is 2.64. The van der Waals surface area contributed by atoms with E-state index in [2.05, 4.69) is 10.6 Å². The Bertz CT molecular complexity index is 610. The van der Waals surface area contributed by atoms with E-state index in [1.54, 1.807) is 13.8 Å². The van der Waals surface area contributed by atoms with Gasteiger partial charge in [-0.1, -0.05) is 24.3 Å². The molecule has 0 radical (unpaired) electrons. The van der Waals surface area contributed by atoms with Crippen molar-refractivity contribution in [3.63, 3.8) is 0 Å². The maximum absolute atomic E-state index is 12.0. The molecule has 2 rings (SSSR count).